The Hall–Kier alpha value is -1.29. The number of aromatic nitrogens is 2. The van der Waals surface area contributed by atoms with E-state index in [9.17, 15) is 0 Å². The lowest BCUT2D eigenvalue weighted by Gasteiger charge is -2.09. The van der Waals surface area contributed by atoms with Crippen molar-refractivity contribution in [1.29, 1.82) is 0 Å². The van der Waals surface area contributed by atoms with Gasteiger partial charge in [-0.3, -0.25) is 0 Å². The number of para-hydroxylation sites is 2. The number of hydrogen-bond acceptors (Lipinski definition) is 4. The van der Waals surface area contributed by atoms with Gasteiger partial charge < -0.3 is 4.74 Å². The minimum Gasteiger partial charge on any atom is -0.479 e. The number of methoxy groups -OCH3 is 1. The van der Waals surface area contributed by atoms with Crippen molar-refractivity contribution in [2.45, 2.75) is 24.1 Å². The average molecular weight is 234 g/mol. The summed E-state index contributed by atoms with van der Waals surface area (Å²) in [5, 5.41) is 1.32. The molecule has 0 aliphatic rings. The Morgan fingerprint density at radius 1 is 1.12 bits per heavy atom. The van der Waals surface area contributed by atoms with E-state index in [-0.39, 0.29) is 0 Å². The lowest BCUT2D eigenvalue weighted by molar-refractivity contribution is 0.385. The number of fused-ring (bicyclic) bond motifs is 1. The Balaban J connectivity index is 2.53. The van der Waals surface area contributed by atoms with Crippen molar-refractivity contribution >= 4 is 22.8 Å². The number of nitrogens with zero attached hydrogens (tertiary/aromatic N) is 2. The zero-order valence-electron chi connectivity index (χ0n) is 9.60. The van der Waals surface area contributed by atoms with Crippen LogP contribution in [0.2, 0.25) is 0 Å². The predicted molar refractivity (Wildman–Crippen MR) is 67.1 cm³/mol. The zero-order chi connectivity index (χ0) is 11.5. The van der Waals surface area contributed by atoms with Crippen molar-refractivity contribution in [2.24, 2.45) is 0 Å². The van der Waals surface area contributed by atoms with Gasteiger partial charge in [0.1, 0.15) is 0 Å². The minimum atomic E-state index is 0.462. The van der Waals surface area contributed by atoms with Crippen LogP contribution in [-0.2, 0) is 0 Å². The highest BCUT2D eigenvalue weighted by Crippen LogP contribution is 2.30. The third kappa shape index (κ3) is 2.27. The molecule has 0 radical (unpaired) electrons. The summed E-state index contributed by atoms with van der Waals surface area (Å²) in [6, 6.07) is 7.82. The summed E-state index contributed by atoms with van der Waals surface area (Å²) in [6.45, 7) is 4.25. The first-order valence-corrected chi connectivity index (χ1v) is 6.06. The zero-order valence-corrected chi connectivity index (χ0v) is 10.4. The van der Waals surface area contributed by atoms with Crippen LogP contribution >= 0.6 is 11.8 Å². The van der Waals surface area contributed by atoms with Crippen molar-refractivity contribution in [3.63, 3.8) is 0 Å². The SMILES string of the molecule is COc1nc2ccccc2nc1SC(C)C. The molecule has 84 valence electrons. The lowest BCUT2D eigenvalue weighted by atomic mass is 10.3. The molecule has 1 aromatic carbocycles. The van der Waals surface area contributed by atoms with E-state index in [2.05, 4.69) is 23.8 Å². The Labute approximate surface area is 99.2 Å². The van der Waals surface area contributed by atoms with Gasteiger partial charge in [0, 0.05) is 5.25 Å². The fraction of sp³-hybridized carbons (Fsp3) is 0.333. The second-order valence-corrected chi connectivity index (χ2v) is 5.26. The van der Waals surface area contributed by atoms with E-state index in [4.69, 9.17) is 4.74 Å². The van der Waals surface area contributed by atoms with Crippen molar-refractivity contribution in [3.05, 3.63) is 24.3 Å². The first-order chi connectivity index (χ1) is 7.70. The average Bonchev–Trinajstić information content (AvgIpc) is 2.27. The van der Waals surface area contributed by atoms with Crippen LogP contribution < -0.4 is 4.74 Å². The van der Waals surface area contributed by atoms with Gasteiger partial charge in [-0.25, -0.2) is 9.97 Å². The molecule has 0 N–H and O–H groups in total. The third-order valence-electron chi connectivity index (χ3n) is 2.05. The molecule has 0 fully saturated rings. The van der Waals surface area contributed by atoms with Gasteiger partial charge in [0.25, 0.3) is 0 Å². The molecule has 0 atom stereocenters. The van der Waals surface area contributed by atoms with E-state index < -0.39 is 0 Å². The summed E-state index contributed by atoms with van der Waals surface area (Å²) in [7, 11) is 1.63. The fourth-order valence-corrected chi connectivity index (χ4v) is 2.23. The highest BCUT2D eigenvalue weighted by Gasteiger charge is 2.11. The van der Waals surface area contributed by atoms with Crippen LogP contribution in [0.25, 0.3) is 11.0 Å². The van der Waals surface area contributed by atoms with Crippen molar-refractivity contribution in [3.8, 4) is 5.88 Å². The minimum absolute atomic E-state index is 0.462. The third-order valence-corrected chi connectivity index (χ3v) is 3.01. The highest BCUT2D eigenvalue weighted by molar-refractivity contribution is 7.99. The fourth-order valence-electron chi connectivity index (χ4n) is 1.40. The largest absolute Gasteiger partial charge is 0.479 e. The maximum atomic E-state index is 5.26. The van der Waals surface area contributed by atoms with Gasteiger partial charge in [-0.05, 0) is 12.1 Å². The first kappa shape index (κ1) is 11.2. The number of rotatable bonds is 3. The normalized spacial score (nSPS) is 11.0. The van der Waals surface area contributed by atoms with E-state index in [1.807, 2.05) is 24.3 Å². The van der Waals surface area contributed by atoms with Crippen molar-refractivity contribution in [1.82, 2.24) is 9.97 Å². The summed E-state index contributed by atoms with van der Waals surface area (Å²) < 4.78 is 5.26. The molecular weight excluding hydrogens is 220 g/mol. The predicted octanol–water partition coefficient (Wildman–Crippen LogP) is 3.14. The maximum absolute atomic E-state index is 5.26. The molecule has 1 heterocycles. The molecule has 0 aliphatic carbocycles. The summed E-state index contributed by atoms with van der Waals surface area (Å²) in [5.74, 6) is 0.609. The van der Waals surface area contributed by atoms with Gasteiger partial charge in [0.05, 0.1) is 18.1 Å². The molecule has 0 saturated heterocycles. The topological polar surface area (TPSA) is 35.0 Å². The Kier molecular flexibility index (Phi) is 3.29. The van der Waals surface area contributed by atoms with E-state index >= 15 is 0 Å². The number of hydrogen-bond donors (Lipinski definition) is 0. The number of thioether (sulfide) groups is 1. The van der Waals surface area contributed by atoms with Gasteiger partial charge in [0.2, 0.25) is 5.88 Å². The first-order valence-electron chi connectivity index (χ1n) is 5.18. The van der Waals surface area contributed by atoms with Crippen molar-refractivity contribution in [2.75, 3.05) is 7.11 Å². The lowest BCUT2D eigenvalue weighted by Crippen LogP contribution is -1.97. The molecule has 0 saturated carbocycles. The van der Waals surface area contributed by atoms with Gasteiger partial charge in [-0.2, -0.15) is 0 Å². The molecule has 2 rings (SSSR count). The Bertz CT molecular complexity index is 499. The second-order valence-electron chi connectivity index (χ2n) is 3.69. The second kappa shape index (κ2) is 4.70. The Morgan fingerprint density at radius 3 is 2.31 bits per heavy atom. The summed E-state index contributed by atoms with van der Waals surface area (Å²) in [4.78, 5) is 9.00. The van der Waals surface area contributed by atoms with Crippen LogP contribution in [0.5, 0.6) is 5.88 Å². The van der Waals surface area contributed by atoms with E-state index in [0.29, 0.717) is 11.1 Å². The summed E-state index contributed by atoms with van der Waals surface area (Å²) >= 11 is 1.67. The van der Waals surface area contributed by atoms with Gasteiger partial charge in [-0.15, -0.1) is 0 Å². The molecule has 1 aromatic heterocycles. The van der Waals surface area contributed by atoms with Crippen LogP contribution in [0.15, 0.2) is 29.3 Å². The molecule has 0 amide bonds. The van der Waals surface area contributed by atoms with Crippen LogP contribution in [0.4, 0.5) is 0 Å². The van der Waals surface area contributed by atoms with Gasteiger partial charge >= 0.3 is 0 Å². The van der Waals surface area contributed by atoms with E-state index in [1.165, 1.54) is 0 Å². The summed E-state index contributed by atoms with van der Waals surface area (Å²) in [6.07, 6.45) is 0. The highest BCUT2D eigenvalue weighted by atomic mass is 32.2. The monoisotopic (exact) mass is 234 g/mol. The van der Waals surface area contributed by atoms with Crippen LogP contribution in [0.1, 0.15) is 13.8 Å². The Morgan fingerprint density at radius 2 is 1.75 bits per heavy atom. The molecule has 2 aromatic rings. The van der Waals surface area contributed by atoms with Crippen LogP contribution in [0, 0.1) is 0 Å². The van der Waals surface area contributed by atoms with Crippen molar-refractivity contribution < 1.29 is 4.74 Å². The molecule has 0 aliphatic heterocycles. The number of benzene rings is 1. The molecule has 0 bridgehead atoms. The quantitative estimate of drug-likeness (QED) is 0.764. The molecule has 16 heavy (non-hydrogen) atoms. The number of ether oxygens (including phenoxy) is 1. The standard InChI is InChI=1S/C12H14N2OS/c1-8(2)16-12-11(15-3)13-9-6-4-5-7-10(9)14-12/h4-8H,1-3H3. The maximum Gasteiger partial charge on any atom is 0.247 e. The molecule has 0 spiro atoms. The molecule has 3 nitrogen and oxygen atoms in total. The molecule has 0 unspecified atom stereocenters. The van der Waals surface area contributed by atoms with E-state index in [0.717, 1.165) is 16.1 Å². The van der Waals surface area contributed by atoms with Crippen LogP contribution in [-0.4, -0.2) is 22.3 Å². The van der Waals surface area contributed by atoms with E-state index in [1.54, 1.807) is 18.9 Å². The molecular formula is C12H14N2OS. The summed E-state index contributed by atoms with van der Waals surface area (Å²) in [5.41, 5.74) is 1.78. The van der Waals surface area contributed by atoms with Gasteiger partial charge in [0.15, 0.2) is 5.03 Å². The van der Waals surface area contributed by atoms with Crippen LogP contribution in [0.3, 0.4) is 0 Å². The molecule has 4 heteroatoms. The smallest absolute Gasteiger partial charge is 0.247 e. The van der Waals surface area contributed by atoms with Gasteiger partial charge in [-0.1, -0.05) is 37.7 Å².